The summed E-state index contributed by atoms with van der Waals surface area (Å²) in [4.78, 5) is 26.5. The number of hydrogen-bond donors (Lipinski definition) is 3. The van der Waals surface area contributed by atoms with E-state index in [-0.39, 0.29) is 18.4 Å². The number of aliphatic hydroxyl groups is 1. The molecular formula is C30H42ClN3O4. The average Bonchev–Trinajstić information content (AvgIpc) is 2.95. The molecule has 2 atom stereocenters. The van der Waals surface area contributed by atoms with Crippen molar-refractivity contribution < 1.29 is 19.4 Å². The molecule has 3 N–H and O–H groups in total. The fraction of sp³-hybridized carbons (Fsp3) is 0.533. The molecule has 0 saturated carbocycles. The minimum absolute atomic E-state index is 0.122. The van der Waals surface area contributed by atoms with E-state index in [0.29, 0.717) is 37.4 Å². The molecule has 1 fully saturated rings. The molecule has 0 radical (unpaired) electrons. The van der Waals surface area contributed by atoms with Crippen molar-refractivity contribution in [2.75, 3.05) is 40.3 Å². The Morgan fingerprint density at radius 1 is 1.18 bits per heavy atom. The minimum atomic E-state index is -1.27. The Kier molecular flexibility index (Phi) is 11.4. The standard InChI is InChI=1S/C30H42ClN3O4/c1-4-22-10-5-11-23(20-22)28-25(13-6-14-26(28)31)30(37,16-9-19-38-29(36)33-3)24-12-8-18-34(21-24)27(35)15-7-17-32-2/h5-6,10-11,13-14,20,24,32,37H,4,7-9,12,15-19,21H2,1-3H3,(H,33,36)/t24-,30+/m1/s1. The van der Waals surface area contributed by atoms with Crippen LogP contribution >= 0.6 is 11.6 Å². The van der Waals surface area contributed by atoms with Gasteiger partial charge in [0.25, 0.3) is 0 Å². The highest BCUT2D eigenvalue weighted by Gasteiger charge is 2.42. The lowest BCUT2D eigenvalue weighted by Gasteiger charge is -2.44. The van der Waals surface area contributed by atoms with Crippen molar-refractivity contribution >= 4 is 23.6 Å². The van der Waals surface area contributed by atoms with Gasteiger partial charge in [-0.1, -0.05) is 54.9 Å². The summed E-state index contributed by atoms with van der Waals surface area (Å²) < 4.78 is 5.24. The first-order valence-corrected chi connectivity index (χ1v) is 14.1. The highest BCUT2D eigenvalue weighted by Crippen LogP contribution is 2.45. The summed E-state index contributed by atoms with van der Waals surface area (Å²) in [6.07, 6.45) is 4.11. The molecule has 0 unspecified atom stereocenters. The summed E-state index contributed by atoms with van der Waals surface area (Å²) in [6.45, 7) is 4.26. The smallest absolute Gasteiger partial charge is 0.406 e. The molecule has 0 aromatic heterocycles. The van der Waals surface area contributed by atoms with Crippen molar-refractivity contribution in [3.05, 3.63) is 58.6 Å². The second-order valence-electron chi connectivity index (χ2n) is 10.0. The number of carbonyl (C=O) groups is 2. The Morgan fingerprint density at radius 2 is 1.97 bits per heavy atom. The molecule has 2 aromatic carbocycles. The van der Waals surface area contributed by atoms with Gasteiger partial charge in [0.2, 0.25) is 5.91 Å². The van der Waals surface area contributed by atoms with E-state index in [1.54, 1.807) is 0 Å². The van der Waals surface area contributed by atoms with Crippen LogP contribution in [0.15, 0.2) is 42.5 Å². The summed E-state index contributed by atoms with van der Waals surface area (Å²) in [5, 5.41) is 18.7. The molecule has 38 heavy (non-hydrogen) atoms. The van der Waals surface area contributed by atoms with Crippen LogP contribution in [0.1, 0.15) is 56.6 Å². The molecular weight excluding hydrogens is 502 g/mol. The Bertz CT molecular complexity index is 1080. The van der Waals surface area contributed by atoms with Crippen molar-refractivity contribution in [3.63, 3.8) is 0 Å². The predicted molar refractivity (Wildman–Crippen MR) is 152 cm³/mol. The van der Waals surface area contributed by atoms with Crippen LogP contribution in [0.2, 0.25) is 5.02 Å². The van der Waals surface area contributed by atoms with Gasteiger partial charge in [-0.15, -0.1) is 0 Å². The van der Waals surface area contributed by atoms with Crippen LogP contribution in [0, 0.1) is 5.92 Å². The number of nitrogens with one attached hydrogen (secondary N) is 2. The van der Waals surface area contributed by atoms with Gasteiger partial charge in [0.15, 0.2) is 0 Å². The van der Waals surface area contributed by atoms with E-state index >= 15 is 0 Å². The normalized spacial score (nSPS) is 17.1. The van der Waals surface area contributed by atoms with Gasteiger partial charge in [0.1, 0.15) is 0 Å². The zero-order valence-corrected chi connectivity index (χ0v) is 23.7. The van der Waals surface area contributed by atoms with Gasteiger partial charge >= 0.3 is 6.09 Å². The van der Waals surface area contributed by atoms with E-state index in [9.17, 15) is 14.7 Å². The quantitative estimate of drug-likeness (QED) is 0.323. The largest absolute Gasteiger partial charge is 0.450 e. The lowest BCUT2D eigenvalue weighted by molar-refractivity contribution is -0.136. The first-order chi connectivity index (χ1) is 18.3. The third-order valence-electron chi connectivity index (χ3n) is 7.51. The number of benzene rings is 2. The topological polar surface area (TPSA) is 90.9 Å². The third kappa shape index (κ3) is 7.49. The van der Waals surface area contributed by atoms with E-state index in [4.69, 9.17) is 16.3 Å². The number of amides is 2. The molecule has 2 aromatic rings. The number of ether oxygens (including phenoxy) is 1. The van der Waals surface area contributed by atoms with E-state index in [1.165, 1.54) is 12.6 Å². The molecule has 208 valence electrons. The molecule has 7 nitrogen and oxygen atoms in total. The molecule has 2 amide bonds. The lowest BCUT2D eigenvalue weighted by Crippen LogP contribution is -2.48. The minimum Gasteiger partial charge on any atom is -0.450 e. The number of likely N-dealkylation sites (tertiary alicyclic amines) is 1. The molecule has 0 spiro atoms. The van der Waals surface area contributed by atoms with Gasteiger partial charge < -0.3 is 25.4 Å². The van der Waals surface area contributed by atoms with E-state index in [2.05, 4.69) is 29.7 Å². The SMILES string of the molecule is CCc1cccc(-c2c(Cl)cccc2[C@](O)(CCCOC(=O)NC)[C@@H]2CCCN(C(=O)CCCNC)C2)c1. The van der Waals surface area contributed by atoms with Crippen molar-refractivity contribution in [2.24, 2.45) is 5.92 Å². The number of rotatable bonds is 12. The van der Waals surface area contributed by atoms with Crippen LogP contribution in [0.5, 0.6) is 0 Å². The molecule has 1 heterocycles. The first-order valence-electron chi connectivity index (χ1n) is 13.7. The summed E-state index contributed by atoms with van der Waals surface area (Å²) in [5.41, 5.74) is 2.45. The maximum absolute atomic E-state index is 13.0. The van der Waals surface area contributed by atoms with Crippen LogP contribution in [-0.2, 0) is 21.6 Å². The Labute approximate surface area is 231 Å². The number of nitrogens with zero attached hydrogens (tertiary/aromatic N) is 1. The number of hydrogen-bond acceptors (Lipinski definition) is 5. The zero-order valence-electron chi connectivity index (χ0n) is 22.9. The number of carbonyl (C=O) groups excluding carboxylic acids is 2. The van der Waals surface area contributed by atoms with Gasteiger partial charge in [-0.25, -0.2) is 4.79 Å². The predicted octanol–water partition coefficient (Wildman–Crippen LogP) is 5.13. The maximum atomic E-state index is 13.0. The molecule has 0 aliphatic carbocycles. The number of halogens is 1. The van der Waals surface area contributed by atoms with Crippen molar-refractivity contribution in [1.29, 1.82) is 0 Å². The van der Waals surface area contributed by atoms with E-state index in [1.807, 2.05) is 42.3 Å². The van der Waals surface area contributed by atoms with Crippen LogP contribution in [0.25, 0.3) is 11.1 Å². The molecule has 3 rings (SSSR count). The van der Waals surface area contributed by atoms with Crippen LogP contribution in [0.4, 0.5) is 4.79 Å². The first kappa shape index (κ1) is 29.9. The second kappa shape index (κ2) is 14.5. The fourth-order valence-corrected chi connectivity index (χ4v) is 5.71. The molecule has 0 bridgehead atoms. The van der Waals surface area contributed by atoms with Gasteiger partial charge in [-0.3, -0.25) is 4.79 Å². The van der Waals surface area contributed by atoms with Crippen LogP contribution in [-0.4, -0.2) is 62.3 Å². The molecule has 1 saturated heterocycles. The van der Waals surface area contributed by atoms with Crippen LogP contribution in [0.3, 0.4) is 0 Å². The van der Waals surface area contributed by atoms with E-state index in [0.717, 1.165) is 48.9 Å². The average molecular weight is 544 g/mol. The van der Waals surface area contributed by atoms with Gasteiger partial charge in [-0.2, -0.15) is 0 Å². The van der Waals surface area contributed by atoms with Crippen molar-refractivity contribution in [3.8, 4) is 11.1 Å². The highest BCUT2D eigenvalue weighted by atomic mass is 35.5. The number of aryl methyl sites for hydroxylation is 1. The summed E-state index contributed by atoms with van der Waals surface area (Å²) in [7, 11) is 3.40. The summed E-state index contributed by atoms with van der Waals surface area (Å²) in [6, 6.07) is 13.9. The fourth-order valence-electron chi connectivity index (χ4n) is 5.43. The number of piperidine rings is 1. The highest BCUT2D eigenvalue weighted by molar-refractivity contribution is 6.33. The summed E-state index contributed by atoms with van der Waals surface area (Å²) >= 11 is 6.82. The Morgan fingerprint density at radius 3 is 2.71 bits per heavy atom. The van der Waals surface area contributed by atoms with Crippen LogP contribution < -0.4 is 10.6 Å². The Balaban J connectivity index is 1.98. The second-order valence-corrected chi connectivity index (χ2v) is 10.4. The number of alkyl carbamates (subject to hydrolysis) is 1. The van der Waals surface area contributed by atoms with Gasteiger partial charge in [-0.05, 0) is 74.9 Å². The molecule has 1 aliphatic rings. The Hall–Kier alpha value is -2.61. The van der Waals surface area contributed by atoms with E-state index < -0.39 is 11.7 Å². The monoisotopic (exact) mass is 543 g/mol. The summed E-state index contributed by atoms with van der Waals surface area (Å²) in [5.74, 6) is -0.0618. The maximum Gasteiger partial charge on any atom is 0.406 e. The van der Waals surface area contributed by atoms with Gasteiger partial charge in [0, 0.05) is 43.1 Å². The third-order valence-corrected chi connectivity index (χ3v) is 7.83. The van der Waals surface area contributed by atoms with Crippen molar-refractivity contribution in [2.45, 2.75) is 57.5 Å². The van der Waals surface area contributed by atoms with Crippen molar-refractivity contribution in [1.82, 2.24) is 15.5 Å². The molecule has 1 aliphatic heterocycles. The molecule has 8 heteroatoms. The zero-order chi connectivity index (χ0) is 27.5. The lowest BCUT2D eigenvalue weighted by atomic mass is 9.72. The van der Waals surface area contributed by atoms with Gasteiger partial charge in [0.05, 0.1) is 12.2 Å².